The number of thiophene rings is 2. The van der Waals surface area contributed by atoms with Gasteiger partial charge in [-0.3, -0.25) is 4.79 Å². The summed E-state index contributed by atoms with van der Waals surface area (Å²) in [5, 5.41) is 6.16. The van der Waals surface area contributed by atoms with E-state index >= 15 is 0 Å². The highest BCUT2D eigenvalue weighted by Crippen LogP contribution is 2.33. The molecule has 2 aromatic rings. The molecule has 0 aliphatic heterocycles. The third-order valence-electron chi connectivity index (χ3n) is 3.56. The zero-order chi connectivity index (χ0) is 12.6. The lowest BCUT2D eigenvalue weighted by molar-refractivity contribution is 0.0914. The second kappa shape index (κ2) is 4.94. The first-order chi connectivity index (χ1) is 8.72. The molecule has 0 unspecified atom stereocenters. The average molecular weight is 344 g/mol. The van der Waals surface area contributed by atoms with Crippen LogP contribution >= 0.6 is 38.6 Å². The van der Waals surface area contributed by atoms with Crippen LogP contribution in [0.4, 0.5) is 0 Å². The molecule has 96 valence electrons. The lowest BCUT2D eigenvalue weighted by Crippen LogP contribution is -2.47. The first-order valence-electron chi connectivity index (χ1n) is 6.08. The molecule has 0 bridgehead atoms. The van der Waals surface area contributed by atoms with Crippen molar-refractivity contribution < 1.29 is 4.79 Å². The van der Waals surface area contributed by atoms with Crippen LogP contribution < -0.4 is 5.32 Å². The molecule has 1 fully saturated rings. The molecule has 0 saturated heterocycles. The first kappa shape index (κ1) is 12.6. The zero-order valence-electron chi connectivity index (χ0n) is 9.87. The fraction of sp³-hybridized carbons (Fsp3) is 0.462. The van der Waals surface area contributed by atoms with E-state index in [0.717, 1.165) is 23.0 Å². The van der Waals surface area contributed by atoms with Gasteiger partial charge in [0.2, 0.25) is 0 Å². The van der Waals surface area contributed by atoms with Crippen LogP contribution in [0.2, 0.25) is 0 Å². The monoisotopic (exact) mass is 343 g/mol. The standard InChI is InChI=1S/C13H14BrNOS2/c14-8-13(4-1-2-5-13)15-12(16)11-7-10-9(18-11)3-6-17-10/h3,6-7H,1-2,4-5,8H2,(H,15,16). The van der Waals surface area contributed by atoms with Gasteiger partial charge >= 0.3 is 0 Å². The molecule has 0 spiro atoms. The van der Waals surface area contributed by atoms with E-state index in [1.807, 2.05) is 6.07 Å². The van der Waals surface area contributed by atoms with Crippen molar-refractivity contribution in [1.29, 1.82) is 0 Å². The number of alkyl halides is 1. The Balaban J connectivity index is 1.80. The summed E-state index contributed by atoms with van der Waals surface area (Å²) in [5.41, 5.74) is -0.0193. The molecule has 18 heavy (non-hydrogen) atoms. The topological polar surface area (TPSA) is 29.1 Å². The van der Waals surface area contributed by atoms with E-state index in [1.54, 1.807) is 22.7 Å². The normalized spacial score (nSPS) is 18.3. The summed E-state index contributed by atoms with van der Waals surface area (Å²) < 4.78 is 2.42. The number of hydrogen-bond acceptors (Lipinski definition) is 3. The first-order valence-corrected chi connectivity index (χ1v) is 8.90. The lowest BCUT2D eigenvalue weighted by Gasteiger charge is -2.27. The van der Waals surface area contributed by atoms with E-state index in [4.69, 9.17) is 0 Å². The number of fused-ring (bicyclic) bond motifs is 1. The summed E-state index contributed by atoms with van der Waals surface area (Å²) in [4.78, 5) is 13.2. The predicted octanol–water partition coefficient (Wildman–Crippen LogP) is 4.40. The van der Waals surface area contributed by atoms with Crippen LogP contribution in [0.5, 0.6) is 0 Å². The third kappa shape index (κ3) is 2.24. The minimum atomic E-state index is -0.0193. The summed E-state index contributed by atoms with van der Waals surface area (Å²) in [7, 11) is 0. The summed E-state index contributed by atoms with van der Waals surface area (Å²) in [5.74, 6) is 0.0877. The van der Waals surface area contributed by atoms with E-state index < -0.39 is 0 Å². The zero-order valence-corrected chi connectivity index (χ0v) is 13.1. The summed E-state index contributed by atoms with van der Waals surface area (Å²) in [6, 6.07) is 4.09. The second-order valence-corrected chi connectivity index (χ2v) is 7.43. The van der Waals surface area contributed by atoms with Crippen molar-refractivity contribution in [2.75, 3.05) is 5.33 Å². The number of carbonyl (C=O) groups is 1. The molecule has 5 heteroatoms. The van der Waals surface area contributed by atoms with Crippen molar-refractivity contribution in [3.8, 4) is 0 Å². The van der Waals surface area contributed by atoms with E-state index in [0.29, 0.717) is 0 Å². The largest absolute Gasteiger partial charge is 0.345 e. The van der Waals surface area contributed by atoms with Crippen molar-refractivity contribution in [2.45, 2.75) is 31.2 Å². The molecular formula is C13H14BrNOS2. The molecule has 1 N–H and O–H groups in total. The van der Waals surface area contributed by atoms with Crippen molar-refractivity contribution in [1.82, 2.24) is 5.32 Å². The highest BCUT2D eigenvalue weighted by atomic mass is 79.9. The number of carbonyl (C=O) groups excluding carboxylic acids is 1. The van der Waals surface area contributed by atoms with Gasteiger partial charge in [-0.1, -0.05) is 28.8 Å². The molecule has 0 radical (unpaired) electrons. The van der Waals surface area contributed by atoms with Gasteiger partial charge in [0.05, 0.1) is 10.4 Å². The molecule has 1 aliphatic rings. The van der Waals surface area contributed by atoms with Crippen LogP contribution in [0.3, 0.4) is 0 Å². The Morgan fingerprint density at radius 1 is 1.39 bits per heavy atom. The predicted molar refractivity (Wildman–Crippen MR) is 82.2 cm³/mol. The fourth-order valence-corrected chi connectivity index (χ4v) is 5.23. The van der Waals surface area contributed by atoms with Crippen molar-refractivity contribution >= 4 is 53.9 Å². The van der Waals surface area contributed by atoms with Gasteiger partial charge in [0.15, 0.2) is 0 Å². The smallest absolute Gasteiger partial charge is 0.261 e. The summed E-state index contributed by atoms with van der Waals surface area (Å²) >= 11 is 6.83. The quantitative estimate of drug-likeness (QED) is 0.822. The van der Waals surface area contributed by atoms with Crippen LogP contribution in [-0.4, -0.2) is 16.8 Å². The van der Waals surface area contributed by atoms with Gasteiger partial charge in [-0.15, -0.1) is 22.7 Å². The maximum atomic E-state index is 12.3. The second-order valence-electron chi connectivity index (χ2n) is 4.83. The van der Waals surface area contributed by atoms with E-state index in [2.05, 4.69) is 32.7 Å². The molecule has 0 atom stereocenters. The SMILES string of the molecule is O=C(NC1(CBr)CCCC1)c1cc2sccc2s1. The number of nitrogens with one attached hydrogen (secondary N) is 1. The van der Waals surface area contributed by atoms with Crippen LogP contribution in [0, 0.1) is 0 Å². The van der Waals surface area contributed by atoms with Gasteiger partial charge in [-0.25, -0.2) is 0 Å². The Kier molecular flexibility index (Phi) is 3.47. The molecule has 1 saturated carbocycles. The molecule has 0 aromatic carbocycles. The van der Waals surface area contributed by atoms with Crippen LogP contribution in [0.15, 0.2) is 17.5 Å². The van der Waals surface area contributed by atoms with Crippen LogP contribution in [0.1, 0.15) is 35.4 Å². The average Bonchev–Trinajstić information content (AvgIpc) is 3.03. The fourth-order valence-electron chi connectivity index (χ4n) is 2.52. The number of amides is 1. The Labute approximate surface area is 123 Å². The highest BCUT2D eigenvalue weighted by molar-refractivity contribution is 9.09. The Morgan fingerprint density at radius 2 is 2.17 bits per heavy atom. The Hall–Kier alpha value is -0.390. The van der Waals surface area contributed by atoms with Gasteiger partial charge in [0.25, 0.3) is 5.91 Å². The van der Waals surface area contributed by atoms with Gasteiger partial charge in [0.1, 0.15) is 0 Å². The van der Waals surface area contributed by atoms with E-state index in [-0.39, 0.29) is 11.4 Å². The molecule has 2 heterocycles. The maximum absolute atomic E-state index is 12.3. The molecule has 1 aliphatic carbocycles. The molecule has 1 amide bonds. The van der Waals surface area contributed by atoms with Crippen molar-refractivity contribution in [3.05, 3.63) is 22.4 Å². The number of hydrogen-bond donors (Lipinski definition) is 1. The molecule has 2 nitrogen and oxygen atoms in total. The van der Waals surface area contributed by atoms with Gasteiger partial charge in [-0.05, 0) is 30.4 Å². The van der Waals surface area contributed by atoms with Crippen molar-refractivity contribution in [3.63, 3.8) is 0 Å². The number of rotatable bonds is 3. The Bertz CT molecular complexity index is 540. The summed E-state index contributed by atoms with van der Waals surface area (Å²) in [6.07, 6.45) is 4.60. The van der Waals surface area contributed by atoms with Gasteiger partial charge in [0, 0.05) is 14.7 Å². The number of halogens is 1. The highest BCUT2D eigenvalue weighted by Gasteiger charge is 2.34. The molecular weight excluding hydrogens is 330 g/mol. The third-order valence-corrected chi connectivity index (χ3v) is 6.72. The van der Waals surface area contributed by atoms with Gasteiger partial charge in [-0.2, -0.15) is 0 Å². The minimum absolute atomic E-state index is 0.0193. The Morgan fingerprint density at radius 3 is 2.83 bits per heavy atom. The maximum Gasteiger partial charge on any atom is 0.261 e. The van der Waals surface area contributed by atoms with Crippen molar-refractivity contribution in [2.24, 2.45) is 0 Å². The molecule has 3 rings (SSSR count). The van der Waals surface area contributed by atoms with Crippen LogP contribution in [0.25, 0.3) is 9.40 Å². The van der Waals surface area contributed by atoms with Crippen LogP contribution in [-0.2, 0) is 0 Å². The minimum Gasteiger partial charge on any atom is -0.345 e. The summed E-state index contributed by atoms with van der Waals surface area (Å²) in [6.45, 7) is 0. The van der Waals surface area contributed by atoms with Gasteiger partial charge < -0.3 is 5.32 Å². The molecule has 2 aromatic heterocycles. The van der Waals surface area contributed by atoms with E-state index in [9.17, 15) is 4.79 Å². The van der Waals surface area contributed by atoms with E-state index in [1.165, 1.54) is 22.2 Å². The lowest BCUT2D eigenvalue weighted by atomic mass is 10.0.